The second-order valence-corrected chi connectivity index (χ2v) is 5.30. The van der Waals surface area contributed by atoms with Gasteiger partial charge in [0.2, 0.25) is 5.91 Å². The average Bonchev–Trinajstić information content (AvgIpc) is 2.38. The normalized spacial score (nSPS) is 22.2. The maximum absolute atomic E-state index is 12.1. The molecule has 0 aromatic carbocycles. The highest BCUT2D eigenvalue weighted by atomic mass is 35.5. The number of carbonyl (C=O) groups is 1. The summed E-state index contributed by atoms with van der Waals surface area (Å²) in [5.41, 5.74) is 6.13. The van der Waals surface area contributed by atoms with Crippen LogP contribution in [0, 0.1) is 5.92 Å². The molecule has 0 aliphatic heterocycles. The zero-order chi connectivity index (χ0) is 13.9. The Labute approximate surface area is 140 Å². The van der Waals surface area contributed by atoms with Crippen molar-refractivity contribution in [2.75, 3.05) is 33.4 Å². The highest BCUT2D eigenvalue weighted by Crippen LogP contribution is 2.21. The fourth-order valence-electron chi connectivity index (χ4n) is 2.54. The van der Waals surface area contributed by atoms with Gasteiger partial charge in [0, 0.05) is 32.8 Å². The van der Waals surface area contributed by atoms with Crippen LogP contribution in [-0.2, 0) is 9.53 Å². The summed E-state index contributed by atoms with van der Waals surface area (Å²) in [5, 5.41) is 6.19. The van der Waals surface area contributed by atoms with Crippen molar-refractivity contribution < 1.29 is 9.53 Å². The molecule has 7 heteroatoms. The molecular weight excluding hydrogens is 313 g/mol. The molecule has 2 atom stereocenters. The highest BCUT2D eigenvalue weighted by molar-refractivity contribution is 5.85. The summed E-state index contributed by atoms with van der Waals surface area (Å²) in [6.45, 7) is 2.94. The third kappa shape index (κ3) is 10.3. The van der Waals surface area contributed by atoms with Crippen molar-refractivity contribution in [2.24, 2.45) is 11.7 Å². The minimum atomic E-state index is -0.000671. The van der Waals surface area contributed by atoms with Crippen molar-refractivity contribution in [3.63, 3.8) is 0 Å². The van der Waals surface area contributed by atoms with Gasteiger partial charge in [0.25, 0.3) is 0 Å². The van der Waals surface area contributed by atoms with Crippen molar-refractivity contribution in [3.8, 4) is 0 Å². The zero-order valence-electron chi connectivity index (χ0n) is 12.9. The molecule has 0 bridgehead atoms. The van der Waals surface area contributed by atoms with Crippen LogP contribution in [0.25, 0.3) is 0 Å². The SMILES string of the molecule is COCCNCCNC(=O)C1CCCCCCC1N.Cl.Cl. The molecular formula is C14H31Cl2N3O2. The first-order valence-electron chi connectivity index (χ1n) is 7.48. The van der Waals surface area contributed by atoms with E-state index in [0.717, 1.165) is 38.8 Å². The topological polar surface area (TPSA) is 76.4 Å². The third-order valence-corrected chi connectivity index (χ3v) is 3.74. The van der Waals surface area contributed by atoms with Crippen molar-refractivity contribution in [1.82, 2.24) is 10.6 Å². The molecule has 4 N–H and O–H groups in total. The summed E-state index contributed by atoms with van der Waals surface area (Å²) < 4.78 is 4.94. The van der Waals surface area contributed by atoms with Gasteiger partial charge in [-0.3, -0.25) is 4.79 Å². The lowest BCUT2D eigenvalue weighted by molar-refractivity contribution is -0.126. The maximum Gasteiger partial charge on any atom is 0.224 e. The van der Waals surface area contributed by atoms with Gasteiger partial charge in [0.15, 0.2) is 0 Å². The second-order valence-electron chi connectivity index (χ2n) is 5.30. The number of halogens is 2. The molecule has 1 fully saturated rings. The van der Waals surface area contributed by atoms with Gasteiger partial charge in [0.05, 0.1) is 12.5 Å². The van der Waals surface area contributed by atoms with Gasteiger partial charge in [-0.1, -0.05) is 25.7 Å². The Balaban J connectivity index is 0. The Hall–Kier alpha value is -0.0700. The molecule has 0 aromatic heterocycles. The number of hydrogen-bond donors (Lipinski definition) is 3. The van der Waals surface area contributed by atoms with Crippen LogP contribution in [0.1, 0.15) is 38.5 Å². The smallest absolute Gasteiger partial charge is 0.224 e. The van der Waals surface area contributed by atoms with Crippen LogP contribution in [0.3, 0.4) is 0 Å². The van der Waals surface area contributed by atoms with Crippen molar-refractivity contribution >= 4 is 30.7 Å². The minimum absolute atomic E-state index is 0. The molecule has 1 saturated carbocycles. The first-order chi connectivity index (χ1) is 9.25. The van der Waals surface area contributed by atoms with Crippen molar-refractivity contribution in [3.05, 3.63) is 0 Å². The van der Waals surface area contributed by atoms with E-state index in [-0.39, 0.29) is 42.7 Å². The first kappa shape index (κ1) is 23.2. The second kappa shape index (κ2) is 14.9. The number of rotatable bonds is 7. The van der Waals surface area contributed by atoms with Gasteiger partial charge in [-0.2, -0.15) is 0 Å². The molecule has 0 saturated heterocycles. The molecule has 5 nitrogen and oxygen atoms in total. The van der Waals surface area contributed by atoms with Crippen LogP contribution in [0.2, 0.25) is 0 Å². The summed E-state index contributed by atoms with van der Waals surface area (Å²) in [7, 11) is 1.68. The molecule has 21 heavy (non-hydrogen) atoms. The van der Waals surface area contributed by atoms with Gasteiger partial charge >= 0.3 is 0 Å². The lowest BCUT2D eigenvalue weighted by Crippen LogP contribution is -2.44. The quantitative estimate of drug-likeness (QED) is 0.612. The Morgan fingerprint density at radius 1 is 1.10 bits per heavy atom. The summed E-state index contributed by atoms with van der Waals surface area (Å²) in [6, 6.07) is 0.0294. The number of carbonyl (C=O) groups excluding carboxylic acids is 1. The van der Waals surface area contributed by atoms with Crippen LogP contribution in [0.4, 0.5) is 0 Å². The molecule has 1 aliphatic rings. The van der Waals surface area contributed by atoms with E-state index < -0.39 is 0 Å². The average molecular weight is 344 g/mol. The number of nitrogens with one attached hydrogen (secondary N) is 2. The molecule has 0 spiro atoms. The molecule has 128 valence electrons. The highest BCUT2D eigenvalue weighted by Gasteiger charge is 2.25. The predicted octanol–water partition coefficient (Wildman–Crippen LogP) is 1.48. The van der Waals surface area contributed by atoms with E-state index >= 15 is 0 Å². The Morgan fingerprint density at radius 2 is 1.76 bits per heavy atom. The number of amides is 1. The van der Waals surface area contributed by atoms with Crippen molar-refractivity contribution in [1.29, 1.82) is 0 Å². The van der Waals surface area contributed by atoms with E-state index in [9.17, 15) is 4.79 Å². The fraction of sp³-hybridized carbons (Fsp3) is 0.929. The first-order valence-corrected chi connectivity index (χ1v) is 7.48. The van der Waals surface area contributed by atoms with Crippen molar-refractivity contribution in [2.45, 2.75) is 44.6 Å². The van der Waals surface area contributed by atoms with E-state index in [4.69, 9.17) is 10.5 Å². The molecule has 0 heterocycles. The minimum Gasteiger partial charge on any atom is -0.383 e. The standard InChI is InChI=1S/C14H29N3O2.2ClH/c1-19-11-10-16-8-9-17-14(18)12-6-4-2-3-5-7-13(12)15;;/h12-13,16H,2-11,15H2,1H3,(H,17,18);2*1H. The van der Waals surface area contributed by atoms with E-state index in [1.807, 2.05) is 0 Å². The Bertz CT molecular complexity index is 258. The molecule has 1 aliphatic carbocycles. The third-order valence-electron chi connectivity index (χ3n) is 3.74. The largest absolute Gasteiger partial charge is 0.383 e. The monoisotopic (exact) mass is 343 g/mol. The lowest BCUT2D eigenvalue weighted by atomic mass is 9.87. The van der Waals surface area contributed by atoms with Crippen LogP contribution in [-0.4, -0.2) is 45.3 Å². The molecule has 1 amide bonds. The van der Waals surface area contributed by atoms with Crippen LogP contribution in [0.5, 0.6) is 0 Å². The van der Waals surface area contributed by atoms with Crippen LogP contribution < -0.4 is 16.4 Å². The van der Waals surface area contributed by atoms with Gasteiger partial charge < -0.3 is 21.1 Å². The molecule has 2 unspecified atom stereocenters. The van der Waals surface area contributed by atoms with Gasteiger partial charge in [-0.15, -0.1) is 24.8 Å². The van der Waals surface area contributed by atoms with Crippen LogP contribution >= 0.6 is 24.8 Å². The Kier molecular flexibility index (Phi) is 16.4. The summed E-state index contributed by atoms with van der Waals surface area (Å²) >= 11 is 0. The van der Waals surface area contributed by atoms with E-state index in [2.05, 4.69) is 10.6 Å². The van der Waals surface area contributed by atoms with Gasteiger partial charge in [0.1, 0.15) is 0 Å². The number of nitrogens with two attached hydrogens (primary N) is 1. The van der Waals surface area contributed by atoms with Gasteiger partial charge in [-0.25, -0.2) is 0 Å². The van der Waals surface area contributed by atoms with E-state index in [1.165, 1.54) is 12.8 Å². The summed E-state index contributed by atoms with van der Waals surface area (Å²) in [5.74, 6) is 0.127. The summed E-state index contributed by atoms with van der Waals surface area (Å²) in [4.78, 5) is 12.1. The number of ether oxygens (including phenoxy) is 1. The Morgan fingerprint density at radius 3 is 2.43 bits per heavy atom. The predicted molar refractivity (Wildman–Crippen MR) is 91.4 cm³/mol. The lowest BCUT2D eigenvalue weighted by Gasteiger charge is -2.25. The maximum atomic E-state index is 12.1. The zero-order valence-corrected chi connectivity index (χ0v) is 14.6. The van der Waals surface area contributed by atoms with E-state index in [0.29, 0.717) is 13.2 Å². The van der Waals surface area contributed by atoms with Gasteiger partial charge in [-0.05, 0) is 12.8 Å². The molecule has 0 aromatic rings. The summed E-state index contributed by atoms with van der Waals surface area (Å²) in [6.07, 6.45) is 6.68. The number of hydrogen-bond acceptors (Lipinski definition) is 4. The fourth-order valence-corrected chi connectivity index (χ4v) is 2.54. The van der Waals surface area contributed by atoms with E-state index in [1.54, 1.807) is 7.11 Å². The van der Waals surface area contributed by atoms with Crippen LogP contribution in [0.15, 0.2) is 0 Å². The molecule has 1 rings (SSSR count). The number of methoxy groups -OCH3 is 1. The molecule has 0 radical (unpaired) electrons.